The van der Waals surface area contributed by atoms with E-state index >= 15 is 0 Å². The summed E-state index contributed by atoms with van der Waals surface area (Å²) in [6, 6.07) is 13.5. The standard InChI is InChI=1S/C17H16BF2NO/c1-22-18-21-11-13(15-10-14(19)7-8-16(15)20)9-17(21)12-5-3-2-4-6-12/h2-10,17-18H,11H2,1H3. The molecule has 0 bridgehead atoms. The van der Waals surface area contributed by atoms with Crippen LogP contribution in [0.2, 0.25) is 0 Å². The van der Waals surface area contributed by atoms with Crippen molar-refractivity contribution in [3.05, 3.63) is 77.4 Å². The zero-order chi connectivity index (χ0) is 15.5. The highest BCUT2D eigenvalue weighted by atomic mass is 19.1. The number of nitrogens with zero attached hydrogens (tertiary/aromatic N) is 1. The highest BCUT2D eigenvalue weighted by Crippen LogP contribution is 2.34. The zero-order valence-electron chi connectivity index (χ0n) is 12.3. The van der Waals surface area contributed by atoms with Crippen LogP contribution in [0.5, 0.6) is 0 Å². The Hall–Kier alpha value is -1.98. The third-order valence-electron chi connectivity index (χ3n) is 3.84. The van der Waals surface area contributed by atoms with Crippen LogP contribution in [-0.4, -0.2) is 26.1 Å². The van der Waals surface area contributed by atoms with Crippen LogP contribution in [0.15, 0.2) is 54.6 Å². The number of benzene rings is 2. The van der Waals surface area contributed by atoms with Crippen LogP contribution in [0, 0.1) is 11.6 Å². The van der Waals surface area contributed by atoms with Crippen molar-refractivity contribution in [2.45, 2.75) is 6.04 Å². The second-order valence-electron chi connectivity index (χ2n) is 5.34. The summed E-state index contributed by atoms with van der Waals surface area (Å²) >= 11 is 0. The van der Waals surface area contributed by atoms with Crippen LogP contribution < -0.4 is 0 Å². The molecule has 1 heterocycles. The first-order valence-electron chi connectivity index (χ1n) is 7.13. The summed E-state index contributed by atoms with van der Waals surface area (Å²) in [5, 5.41) is 0. The lowest BCUT2D eigenvalue weighted by Gasteiger charge is -2.22. The van der Waals surface area contributed by atoms with Crippen molar-refractivity contribution >= 4 is 13.2 Å². The van der Waals surface area contributed by atoms with Crippen molar-refractivity contribution in [2.24, 2.45) is 0 Å². The Kier molecular flexibility index (Phi) is 4.36. The summed E-state index contributed by atoms with van der Waals surface area (Å²) in [5.41, 5.74) is 2.20. The molecule has 3 rings (SSSR count). The van der Waals surface area contributed by atoms with Gasteiger partial charge in [-0.3, -0.25) is 0 Å². The third-order valence-corrected chi connectivity index (χ3v) is 3.84. The van der Waals surface area contributed by atoms with E-state index < -0.39 is 11.6 Å². The Labute approximate surface area is 129 Å². The van der Waals surface area contributed by atoms with Gasteiger partial charge in [0.15, 0.2) is 0 Å². The van der Waals surface area contributed by atoms with Crippen molar-refractivity contribution in [3.8, 4) is 0 Å². The fraction of sp³-hybridized carbons (Fsp3) is 0.176. The molecule has 1 atom stereocenters. The van der Waals surface area contributed by atoms with Gasteiger partial charge < -0.3 is 9.47 Å². The second-order valence-corrected chi connectivity index (χ2v) is 5.34. The summed E-state index contributed by atoms with van der Waals surface area (Å²) in [5.74, 6) is -0.836. The molecule has 0 spiro atoms. The second kappa shape index (κ2) is 6.42. The molecule has 0 saturated heterocycles. The maximum Gasteiger partial charge on any atom is 0.364 e. The maximum absolute atomic E-state index is 14.0. The fourth-order valence-corrected chi connectivity index (χ4v) is 2.83. The lowest BCUT2D eigenvalue weighted by Crippen LogP contribution is -2.29. The highest BCUT2D eigenvalue weighted by molar-refractivity contribution is 6.24. The molecule has 5 heteroatoms. The Morgan fingerprint density at radius 1 is 1.14 bits per heavy atom. The molecule has 22 heavy (non-hydrogen) atoms. The molecule has 0 aliphatic carbocycles. The van der Waals surface area contributed by atoms with E-state index in [0.29, 0.717) is 19.7 Å². The number of halogens is 2. The molecule has 1 aliphatic heterocycles. The quantitative estimate of drug-likeness (QED) is 0.803. The van der Waals surface area contributed by atoms with E-state index in [4.69, 9.17) is 4.65 Å². The molecule has 0 fully saturated rings. The van der Waals surface area contributed by atoms with Gasteiger partial charge in [0.1, 0.15) is 11.6 Å². The van der Waals surface area contributed by atoms with Gasteiger partial charge in [-0.1, -0.05) is 36.4 Å². The zero-order valence-corrected chi connectivity index (χ0v) is 12.3. The van der Waals surface area contributed by atoms with Crippen LogP contribution in [0.4, 0.5) is 8.78 Å². The van der Waals surface area contributed by atoms with E-state index in [-0.39, 0.29) is 6.04 Å². The monoisotopic (exact) mass is 299 g/mol. The summed E-state index contributed by atoms with van der Waals surface area (Å²) in [4.78, 5) is 2.08. The van der Waals surface area contributed by atoms with E-state index in [1.54, 1.807) is 7.11 Å². The average molecular weight is 299 g/mol. The molecule has 1 aliphatic rings. The third kappa shape index (κ3) is 2.96. The highest BCUT2D eigenvalue weighted by Gasteiger charge is 2.28. The SMILES string of the molecule is COBN1CC(c2cc(F)ccc2F)=CC1c1ccccc1. The molecule has 2 aromatic rings. The van der Waals surface area contributed by atoms with E-state index in [1.165, 1.54) is 12.1 Å². The predicted molar refractivity (Wildman–Crippen MR) is 84.4 cm³/mol. The molecule has 2 nitrogen and oxygen atoms in total. The first kappa shape index (κ1) is 14.9. The van der Waals surface area contributed by atoms with Crippen molar-refractivity contribution in [1.29, 1.82) is 0 Å². The summed E-state index contributed by atoms with van der Waals surface area (Å²) in [7, 11) is 2.05. The van der Waals surface area contributed by atoms with Crippen LogP contribution in [0.3, 0.4) is 0 Å². The summed E-state index contributed by atoms with van der Waals surface area (Å²) < 4.78 is 32.7. The van der Waals surface area contributed by atoms with Gasteiger partial charge in [-0.2, -0.15) is 0 Å². The van der Waals surface area contributed by atoms with Gasteiger partial charge in [0.25, 0.3) is 0 Å². The topological polar surface area (TPSA) is 12.5 Å². The van der Waals surface area contributed by atoms with Crippen LogP contribution in [0.1, 0.15) is 17.2 Å². The van der Waals surface area contributed by atoms with E-state index in [0.717, 1.165) is 17.2 Å². The Balaban J connectivity index is 1.97. The Morgan fingerprint density at radius 2 is 1.91 bits per heavy atom. The molecular weight excluding hydrogens is 283 g/mol. The molecule has 112 valence electrons. The molecule has 0 saturated carbocycles. The van der Waals surface area contributed by atoms with Gasteiger partial charge in [0, 0.05) is 25.3 Å². The molecule has 0 aromatic heterocycles. The number of rotatable bonds is 4. The summed E-state index contributed by atoms with van der Waals surface area (Å²) in [6.45, 7) is 0.522. The van der Waals surface area contributed by atoms with E-state index in [2.05, 4.69) is 4.81 Å². The molecule has 0 amide bonds. The lowest BCUT2D eigenvalue weighted by atomic mass is 10.0. The molecular formula is C17H16BF2NO. The summed E-state index contributed by atoms with van der Waals surface area (Å²) in [6.07, 6.45) is 1.98. The largest absolute Gasteiger partial charge is 0.427 e. The van der Waals surface area contributed by atoms with E-state index in [1.807, 2.05) is 36.4 Å². The van der Waals surface area contributed by atoms with E-state index in [9.17, 15) is 8.78 Å². The van der Waals surface area contributed by atoms with Crippen LogP contribution >= 0.6 is 0 Å². The maximum atomic E-state index is 14.0. The minimum Gasteiger partial charge on any atom is -0.427 e. The van der Waals surface area contributed by atoms with Crippen LogP contribution in [0.25, 0.3) is 5.57 Å². The fourth-order valence-electron chi connectivity index (χ4n) is 2.83. The van der Waals surface area contributed by atoms with Gasteiger partial charge in [0.05, 0.1) is 0 Å². The molecule has 0 radical (unpaired) electrons. The van der Waals surface area contributed by atoms with Gasteiger partial charge in [-0.05, 0) is 29.3 Å². The first-order valence-corrected chi connectivity index (χ1v) is 7.13. The Morgan fingerprint density at radius 3 is 2.64 bits per heavy atom. The van der Waals surface area contributed by atoms with Crippen molar-refractivity contribution in [3.63, 3.8) is 0 Å². The molecule has 1 unspecified atom stereocenters. The van der Waals surface area contributed by atoms with Crippen LogP contribution in [-0.2, 0) is 4.65 Å². The minimum absolute atomic E-state index is 0.00110. The molecule has 0 N–H and O–H groups in total. The minimum atomic E-state index is -0.432. The van der Waals surface area contributed by atoms with Gasteiger partial charge in [0.2, 0.25) is 0 Å². The van der Waals surface area contributed by atoms with Crippen molar-refractivity contribution < 1.29 is 13.4 Å². The first-order chi connectivity index (χ1) is 10.7. The lowest BCUT2D eigenvalue weighted by molar-refractivity contribution is 0.340. The van der Waals surface area contributed by atoms with Gasteiger partial charge in [-0.15, -0.1) is 0 Å². The number of hydrogen-bond acceptors (Lipinski definition) is 2. The number of hydrogen-bond donors (Lipinski definition) is 0. The van der Waals surface area contributed by atoms with Crippen molar-refractivity contribution in [2.75, 3.05) is 13.7 Å². The predicted octanol–water partition coefficient (Wildman–Crippen LogP) is 3.32. The molecule has 2 aromatic carbocycles. The average Bonchev–Trinajstić information content (AvgIpc) is 2.95. The van der Waals surface area contributed by atoms with Gasteiger partial charge in [-0.25, -0.2) is 8.78 Å². The van der Waals surface area contributed by atoms with Gasteiger partial charge >= 0.3 is 7.62 Å². The Bertz CT molecular complexity index is 690. The van der Waals surface area contributed by atoms with Crippen molar-refractivity contribution in [1.82, 2.24) is 4.81 Å². The smallest absolute Gasteiger partial charge is 0.364 e. The normalized spacial score (nSPS) is 18.3.